The van der Waals surface area contributed by atoms with Gasteiger partial charge in [0.1, 0.15) is 0 Å². The maximum Gasteiger partial charge on any atom is 0.416 e. The summed E-state index contributed by atoms with van der Waals surface area (Å²) in [5.74, 6) is -0.310. The first-order valence-corrected chi connectivity index (χ1v) is 6.74. The number of nitrogen functional groups attached to an aromatic ring is 1. The zero-order valence-electron chi connectivity index (χ0n) is 10.0. The molecule has 2 nitrogen and oxygen atoms in total. The van der Waals surface area contributed by atoms with E-state index in [0.29, 0.717) is 12.1 Å². The molecule has 0 saturated carbocycles. The zero-order chi connectivity index (χ0) is 15.6. The van der Waals surface area contributed by atoms with Crippen LogP contribution in [0.5, 0.6) is 0 Å². The first-order valence-electron chi connectivity index (χ1n) is 5.42. The monoisotopic (exact) mass is 319 g/mol. The van der Waals surface area contributed by atoms with Crippen LogP contribution in [0.2, 0.25) is 0 Å². The Hall–Kier alpha value is -1.25. The summed E-state index contributed by atoms with van der Waals surface area (Å²) in [6.45, 7) is 0. The van der Waals surface area contributed by atoms with Crippen LogP contribution in [0.3, 0.4) is 0 Å². The summed E-state index contributed by atoms with van der Waals surface area (Å²) in [5, 5.41) is 0. The van der Waals surface area contributed by atoms with E-state index in [1.54, 1.807) is 0 Å². The van der Waals surface area contributed by atoms with Gasteiger partial charge in [0, 0.05) is 17.9 Å². The van der Waals surface area contributed by atoms with Crippen LogP contribution in [0.15, 0.2) is 23.1 Å². The van der Waals surface area contributed by atoms with Crippen LogP contribution in [0, 0.1) is 0 Å². The molecule has 0 aromatic heterocycles. The average Bonchev–Trinajstić information content (AvgIpc) is 2.25. The van der Waals surface area contributed by atoms with Gasteiger partial charge in [0.15, 0.2) is 0 Å². The van der Waals surface area contributed by atoms with E-state index in [1.807, 2.05) is 0 Å². The molecule has 0 aliphatic carbocycles. The third-order valence-electron chi connectivity index (χ3n) is 2.37. The zero-order valence-corrected chi connectivity index (χ0v) is 10.8. The molecule has 0 saturated heterocycles. The van der Waals surface area contributed by atoms with Crippen molar-refractivity contribution in [3.63, 3.8) is 0 Å². The van der Waals surface area contributed by atoms with Gasteiger partial charge in [-0.3, -0.25) is 4.21 Å². The minimum atomic E-state index is -4.58. The fourth-order valence-electron chi connectivity index (χ4n) is 1.45. The molecule has 0 amide bonds. The topological polar surface area (TPSA) is 43.1 Å². The second-order valence-corrected chi connectivity index (χ2v) is 5.56. The molecule has 0 spiro atoms. The number of alkyl halides is 6. The number of hydrogen-bond donors (Lipinski definition) is 1. The maximum atomic E-state index is 12.4. The largest absolute Gasteiger partial charge is 0.416 e. The van der Waals surface area contributed by atoms with E-state index in [9.17, 15) is 30.6 Å². The van der Waals surface area contributed by atoms with Gasteiger partial charge in [-0.25, -0.2) is 0 Å². The van der Waals surface area contributed by atoms with Crippen molar-refractivity contribution >= 4 is 16.5 Å². The van der Waals surface area contributed by atoms with E-state index >= 15 is 0 Å². The quantitative estimate of drug-likeness (QED) is 0.679. The number of nitrogens with two attached hydrogens (primary N) is 1. The number of benzene rings is 1. The minimum absolute atomic E-state index is 0.0832. The lowest BCUT2D eigenvalue weighted by atomic mass is 10.2. The van der Waals surface area contributed by atoms with Crippen molar-refractivity contribution in [2.24, 2.45) is 0 Å². The molecule has 0 aliphatic rings. The number of rotatable bonds is 4. The van der Waals surface area contributed by atoms with Gasteiger partial charge in [0.25, 0.3) is 0 Å². The highest BCUT2D eigenvalue weighted by Crippen LogP contribution is 2.32. The van der Waals surface area contributed by atoms with Gasteiger partial charge >= 0.3 is 12.4 Å². The smallest absolute Gasteiger partial charge is 0.398 e. The van der Waals surface area contributed by atoms with Gasteiger partial charge in [-0.05, 0) is 24.6 Å². The highest BCUT2D eigenvalue weighted by molar-refractivity contribution is 7.85. The van der Waals surface area contributed by atoms with Crippen molar-refractivity contribution in [2.45, 2.75) is 30.1 Å². The first-order chi connectivity index (χ1) is 9.00. The van der Waals surface area contributed by atoms with Crippen LogP contribution in [-0.2, 0) is 17.0 Å². The standard InChI is InChI=1S/C11H11F6NOS/c12-10(13,14)4-1-5-20(19)9-3-2-7(6-8(9)18)11(15,16)17/h2-3,6H,1,4-5,18H2. The maximum absolute atomic E-state index is 12.4. The molecule has 9 heteroatoms. The summed E-state index contributed by atoms with van der Waals surface area (Å²) in [7, 11) is -1.86. The highest BCUT2D eigenvalue weighted by atomic mass is 32.2. The molecular formula is C11H11F6NOS. The Bertz CT molecular complexity index is 497. The molecular weight excluding hydrogens is 308 g/mol. The number of anilines is 1. The summed E-state index contributed by atoms with van der Waals surface area (Å²) in [5.41, 5.74) is 4.02. The Labute approximate surface area is 113 Å². The predicted molar refractivity (Wildman–Crippen MR) is 62.4 cm³/mol. The van der Waals surface area contributed by atoms with Gasteiger partial charge in [0.05, 0.1) is 21.3 Å². The molecule has 1 aromatic rings. The van der Waals surface area contributed by atoms with E-state index in [4.69, 9.17) is 5.73 Å². The predicted octanol–water partition coefficient (Wildman–Crippen LogP) is 3.74. The van der Waals surface area contributed by atoms with Crippen LogP contribution >= 0.6 is 0 Å². The van der Waals surface area contributed by atoms with Crippen LogP contribution in [-0.4, -0.2) is 16.1 Å². The molecule has 1 atom stereocenters. The Balaban J connectivity index is 2.75. The molecule has 2 N–H and O–H groups in total. The van der Waals surface area contributed by atoms with Gasteiger partial charge < -0.3 is 5.73 Å². The number of hydrogen-bond acceptors (Lipinski definition) is 2. The summed E-state index contributed by atoms with van der Waals surface area (Å²) in [6, 6.07) is 2.26. The van der Waals surface area contributed by atoms with Gasteiger partial charge in [0.2, 0.25) is 0 Å². The summed E-state index contributed by atoms with van der Waals surface area (Å²) in [4.78, 5) is -0.0832. The molecule has 0 fully saturated rings. The van der Waals surface area contributed by atoms with Crippen molar-refractivity contribution in [1.29, 1.82) is 0 Å². The van der Waals surface area contributed by atoms with Crippen LogP contribution in [0.4, 0.5) is 32.0 Å². The Morgan fingerprint density at radius 2 is 1.70 bits per heavy atom. The molecule has 20 heavy (non-hydrogen) atoms. The number of halogens is 6. The van der Waals surface area contributed by atoms with Crippen molar-refractivity contribution < 1.29 is 30.6 Å². The second-order valence-electron chi connectivity index (χ2n) is 4.02. The van der Waals surface area contributed by atoms with Gasteiger partial charge in [-0.15, -0.1) is 0 Å². The Kier molecular flexibility index (Phi) is 5.06. The Morgan fingerprint density at radius 1 is 1.10 bits per heavy atom. The third-order valence-corrected chi connectivity index (χ3v) is 3.89. The molecule has 0 bridgehead atoms. The molecule has 114 valence electrons. The third kappa shape index (κ3) is 5.03. The molecule has 0 aliphatic heterocycles. The second kappa shape index (κ2) is 6.02. The van der Waals surface area contributed by atoms with Gasteiger partial charge in [-0.1, -0.05) is 0 Å². The van der Waals surface area contributed by atoms with Crippen molar-refractivity contribution in [3.05, 3.63) is 23.8 Å². The van der Waals surface area contributed by atoms with E-state index in [1.165, 1.54) is 0 Å². The van der Waals surface area contributed by atoms with E-state index in [2.05, 4.69) is 0 Å². The fraction of sp³-hybridized carbons (Fsp3) is 0.455. The normalized spacial score (nSPS) is 14.3. The lowest BCUT2D eigenvalue weighted by molar-refractivity contribution is -0.137. The Morgan fingerprint density at radius 3 is 2.15 bits per heavy atom. The van der Waals surface area contributed by atoms with Crippen molar-refractivity contribution in [2.75, 3.05) is 11.5 Å². The van der Waals surface area contributed by atoms with Crippen LogP contribution < -0.4 is 5.73 Å². The summed E-state index contributed by atoms with van der Waals surface area (Å²) < 4.78 is 84.6. The first kappa shape index (κ1) is 16.8. The lowest BCUT2D eigenvalue weighted by Gasteiger charge is -2.11. The summed E-state index contributed by atoms with van der Waals surface area (Å²) >= 11 is 0. The van der Waals surface area contributed by atoms with E-state index in [-0.39, 0.29) is 22.8 Å². The fourth-order valence-corrected chi connectivity index (χ4v) is 2.61. The molecule has 0 heterocycles. The van der Waals surface area contributed by atoms with E-state index in [0.717, 1.165) is 6.07 Å². The van der Waals surface area contributed by atoms with Crippen LogP contribution in [0.1, 0.15) is 18.4 Å². The van der Waals surface area contributed by atoms with Crippen molar-refractivity contribution in [1.82, 2.24) is 0 Å². The van der Waals surface area contributed by atoms with Crippen LogP contribution in [0.25, 0.3) is 0 Å². The molecule has 1 unspecified atom stereocenters. The van der Waals surface area contributed by atoms with E-state index < -0.39 is 35.1 Å². The molecule has 1 rings (SSSR count). The molecule has 1 aromatic carbocycles. The average molecular weight is 319 g/mol. The van der Waals surface area contributed by atoms with Crippen molar-refractivity contribution in [3.8, 4) is 0 Å². The highest BCUT2D eigenvalue weighted by Gasteiger charge is 2.31. The SMILES string of the molecule is Nc1cc(C(F)(F)F)ccc1S(=O)CCCC(F)(F)F. The van der Waals surface area contributed by atoms with Gasteiger partial charge in [-0.2, -0.15) is 26.3 Å². The summed E-state index contributed by atoms with van der Waals surface area (Å²) in [6.07, 6.45) is -10.4. The lowest BCUT2D eigenvalue weighted by Crippen LogP contribution is -2.11. The minimum Gasteiger partial charge on any atom is -0.398 e. The molecule has 0 radical (unpaired) electrons.